The van der Waals surface area contributed by atoms with Gasteiger partial charge in [-0.3, -0.25) is 9.36 Å². The zero-order chi connectivity index (χ0) is 16.2. The minimum Gasteiger partial charge on any atom is -0.495 e. The van der Waals surface area contributed by atoms with E-state index < -0.39 is 0 Å². The number of carbonyl (C=O) groups is 1. The van der Waals surface area contributed by atoms with Crippen molar-refractivity contribution in [3.8, 4) is 11.6 Å². The number of amides is 1. The smallest absolute Gasteiger partial charge is 0.265 e. The average molecular weight is 328 g/mol. The maximum Gasteiger partial charge on any atom is 0.265 e. The lowest BCUT2D eigenvalue weighted by Crippen LogP contribution is -2.22. The Kier molecular flexibility index (Phi) is 4.38. The molecule has 118 valence electrons. The summed E-state index contributed by atoms with van der Waals surface area (Å²) >= 11 is 1.42. The Bertz CT molecular complexity index is 811. The van der Waals surface area contributed by atoms with Crippen LogP contribution in [0.1, 0.15) is 20.1 Å². The second kappa shape index (κ2) is 6.62. The predicted molar refractivity (Wildman–Crippen MR) is 88.1 cm³/mol. The van der Waals surface area contributed by atoms with E-state index in [0.29, 0.717) is 17.2 Å². The Morgan fingerprint density at radius 2 is 2.26 bits per heavy atom. The van der Waals surface area contributed by atoms with Crippen molar-refractivity contribution in [3.63, 3.8) is 0 Å². The van der Waals surface area contributed by atoms with E-state index >= 15 is 0 Å². The van der Waals surface area contributed by atoms with Gasteiger partial charge < -0.3 is 10.1 Å². The summed E-state index contributed by atoms with van der Waals surface area (Å²) in [7, 11) is 1.57. The number of hydrogen-bond acceptors (Lipinski definition) is 5. The van der Waals surface area contributed by atoms with Gasteiger partial charge in [0.15, 0.2) is 0 Å². The number of carbonyl (C=O) groups excluding carboxylic acids is 1. The molecule has 0 aliphatic carbocycles. The summed E-state index contributed by atoms with van der Waals surface area (Å²) in [5, 5.41) is 2.91. The van der Waals surface area contributed by atoms with Crippen molar-refractivity contribution >= 4 is 17.2 Å². The summed E-state index contributed by atoms with van der Waals surface area (Å²) in [6.07, 6.45) is 6.92. The van der Waals surface area contributed by atoms with E-state index in [9.17, 15) is 4.79 Å². The first-order valence-electron chi connectivity index (χ1n) is 7.03. The third-order valence-corrected chi connectivity index (χ3v) is 4.31. The monoisotopic (exact) mass is 328 g/mol. The summed E-state index contributed by atoms with van der Waals surface area (Å²) in [5.41, 5.74) is 0.962. The zero-order valence-electron chi connectivity index (χ0n) is 12.8. The number of ether oxygens (including phenoxy) is 1. The molecule has 0 atom stereocenters. The van der Waals surface area contributed by atoms with Gasteiger partial charge in [0.25, 0.3) is 5.91 Å². The van der Waals surface area contributed by atoms with Crippen LogP contribution in [0, 0.1) is 6.92 Å². The Morgan fingerprint density at radius 1 is 1.39 bits per heavy atom. The van der Waals surface area contributed by atoms with Gasteiger partial charge in [0.05, 0.1) is 7.11 Å². The van der Waals surface area contributed by atoms with Crippen LogP contribution < -0.4 is 10.1 Å². The summed E-state index contributed by atoms with van der Waals surface area (Å²) in [6, 6.07) is 5.65. The molecule has 7 heteroatoms. The molecule has 6 nitrogen and oxygen atoms in total. The number of imidazole rings is 1. The molecule has 0 saturated carbocycles. The van der Waals surface area contributed by atoms with Gasteiger partial charge in [-0.2, -0.15) is 0 Å². The second-order valence-electron chi connectivity index (χ2n) is 4.93. The summed E-state index contributed by atoms with van der Waals surface area (Å²) in [6.45, 7) is 2.37. The highest BCUT2D eigenvalue weighted by molar-refractivity contribution is 7.14. The summed E-state index contributed by atoms with van der Waals surface area (Å²) < 4.78 is 7.05. The van der Waals surface area contributed by atoms with Gasteiger partial charge in [0.2, 0.25) is 0 Å². The molecule has 23 heavy (non-hydrogen) atoms. The molecule has 0 aliphatic heterocycles. The topological polar surface area (TPSA) is 69.0 Å². The summed E-state index contributed by atoms with van der Waals surface area (Å²) in [5.74, 6) is 1.23. The van der Waals surface area contributed by atoms with E-state index in [4.69, 9.17) is 4.74 Å². The maximum absolute atomic E-state index is 12.3. The van der Waals surface area contributed by atoms with E-state index in [0.717, 1.165) is 16.3 Å². The van der Waals surface area contributed by atoms with Crippen LogP contribution in [0.3, 0.4) is 0 Å². The van der Waals surface area contributed by atoms with Crippen LogP contribution in [0.15, 0.2) is 43.1 Å². The molecular formula is C16H16N4O2S. The highest BCUT2D eigenvalue weighted by Gasteiger charge is 2.15. The van der Waals surface area contributed by atoms with Gasteiger partial charge in [0.1, 0.15) is 22.8 Å². The Labute approximate surface area is 137 Å². The largest absolute Gasteiger partial charge is 0.495 e. The highest BCUT2D eigenvalue weighted by atomic mass is 32.1. The predicted octanol–water partition coefficient (Wildman–Crippen LogP) is 2.58. The minimum absolute atomic E-state index is 0.138. The molecular weight excluding hydrogens is 312 g/mol. The SMILES string of the molecule is COc1cc(C)sc1C(=O)NCc1ccnc(-n2ccnc2)c1. The number of aromatic nitrogens is 3. The van der Waals surface area contributed by atoms with Crippen LogP contribution in [-0.4, -0.2) is 27.6 Å². The minimum atomic E-state index is -0.138. The quantitative estimate of drug-likeness (QED) is 0.781. The van der Waals surface area contributed by atoms with Crippen molar-refractivity contribution in [1.82, 2.24) is 19.9 Å². The summed E-state index contributed by atoms with van der Waals surface area (Å²) in [4.78, 5) is 22.2. The number of thiophene rings is 1. The van der Waals surface area contributed by atoms with Gasteiger partial charge in [-0.05, 0) is 30.7 Å². The fraction of sp³-hybridized carbons (Fsp3) is 0.188. The van der Waals surface area contributed by atoms with E-state index in [1.54, 1.807) is 25.8 Å². The molecule has 0 aliphatic rings. The third-order valence-electron chi connectivity index (χ3n) is 3.28. The lowest BCUT2D eigenvalue weighted by atomic mass is 10.2. The van der Waals surface area contributed by atoms with E-state index in [2.05, 4.69) is 15.3 Å². The number of aryl methyl sites for hydroxylation is 1. The first-order chi connectivity index (χ1) is 11.2. The Balaban J connectivity index is 1.71. The average Bonchev–Trinajstić information content (AvgIpc) is 3.22. The number of pyridine rings is 1. The molecule has 0 saturated heterocycles. The normalized spacial score (nSPS) is 10.5. The van der Waals surface area contributed by atoms with Crippen molar-refractivity contribution in [2.24, 2.45) is 0 Å². The number of nitrogens with zero attached hydrogens (tertiary/aromatic N) is 3. The van der Waals surface area contributed by atoms with Crippen molar-refractivity contribution in [2.45, 2.75) is 13.5 Å². The molecule has 3 heterocycles. The van der Waals surface area contributed by atoms with Crippen LogP contribution in [0.4, 0.5) is 0 Å². The first-order valence-corrected chi connectivity index (χ1v) is 7.85. The van der Waals surface area contributed by atoms with Crippen LogP contribution in [0.5, 0.6) is 5.75 Å². The van der Waals surface area contributed by atoms with Crippen molar-refractivity contribution in [1.29, 1.82) is 0 Å². The fourth-order valence-corrected chi connectivity index (χ4v) is 3.07. The molecule has 0 radical (unpaired) electrons. The van der Waals surface area contributed by atoms with Crippen LogP contribution in [0.2, 0.25) is 0 Å². The van der Waals surface area contributed by atoms with Gasteiger partial charge >= 0.3 is 0 Å². The van der Waals surface area contributed by atoms with Gasteiger partial charge in [-0.25, -0.2) is 9.97 Å². The van der Waals surface area contributed by atoms with E-state index in [1.807, 2.05) is 35.9 Å². The van der Waals surface area contributed by atoms with Crippen molar-refractivity contribution < 1.29 is 9.53 Å². The molecule has 1 amide bonds. The highest BCUT2D eigenvalue weighted by Crippen LogP contribution is 2.28. The molecule has 0 bridgehead atoms. The zero-order valence-corrected chi connectivity index (χ0v) is 13.6. The third kappa shape index (κ3) is 3.40. The molecule has 1 N–H and O–H groups in total. The van der Waals surface area contributed by atoms with Crippen LogP contribution in [-0.2, 0) is 6.54 Å². The standard InChI is InChI=1S/C16H16N4O2S/c1-11-7-13(22-2)15(23-11)16(21)19-9-12-3-4-18-14(8-12)20-6-5-17-10-20/h3-8,10H,9H2,1-2H3,(H,19,21). The van der Waals surface area contributed by atoms with Crippen molar-refractivity contribution in [2.75, 3.05) is 7.11 Å². The number of nitrogens with one attached hydrogen (secondary N) is 1. The second-order valence-corrected chi connectivity index (χ2v) is 6.19. The van der Waals surface area contributed by atoms with E-state index in [-0.39, 0.29) is 5.91 Å². The molecule has 3 aromatic heterocycles. The lowest BCUT2D eigenvalue weighted by Gasteiger charge is -2.07. The van der Waals surface area contributed by atoms with Gasteiger partial charge in [-0.1, -0.05) is 0 Å². The van der Waals surface area contributed by atoms with Crippen LogP contribution >= 0.6 is 11.3 Å². The Hall–Kier alpha value is -2.67. The number of methoxy groups -OCH3 is 1. The first kappa shape index (κ1) is 15.2. The molecule has 0 spiro atoms. The number of rotatable bonds is 5. The lowest BCUT2D eigenvalue weighted by molar-refractivity contribution is 0.0952. The van der Waals surface area contributed by atoms with Crippen molar-refractivity contribution in [3.05, 3.63) is 58.4 Å². The molecule has 0 unspecified atom stereocenters. The van der Waals surface area contributed by atoms with E-state index in [1.165, 1.54) is 11.3 Å². The number of hydrogen-bond donors (Lipinski definition) is 1. The Morgan fingerprint density at radius 3 is 3.00 bits per heavy atom. The fourth-order valence-electron chi connectivity index (χ4n) is 2.17. The molecule has 3 rings (SSSR count). The maximum atomic E-state index is 12.3. The van der Waals surface area contributed by atoms with Gasteiger partial charge in [-0.15, -0.1) is 11.3 Å². The molecule has 0 fully saturated rings. The molecule has 3 aromatic rings. The van der Waals surface area contributed by atoms with Crippen LogP contribution in [0.25, 0.3) is 5.82 Å². The molecule has 0 aromatic carbocycles. The van der Waals surface area contributed by atoms with Gasteiger partial charge in [0, 0.05) is 30.0 Å².